The second-order valence-corrected chi connectivity index (χ2v) is 15.7. The lowest BCUT2D eigenvalue weighted by Crippen LogP contribution is -2.34. The van der Waals surface area contributed by atoms with Crippen molar-refractivity contribution in [3.63, 3.8) is 0 Å². The Balaban J connectivity index is 1.55. The van der Waals surface area contributed by atoms with Crippen LogP contribution >= 0.6 is 35.3 Å². The van der Waals surface area contributed by atoms with E-state index >= 15 is 0 Å². The second-order valence-electron chi connectivity index (χ2n) is 12.9. The molecule has 278 valence electrons. The SMILES string of the molecule is C=C/C=C(\C=C/Cc1c2c(c(/C(=C/C=C(\CC)c3ccc(N(CC)CC)cc3)CC)c3nsnc13)SC(=C(C#N)C#N)S2)C1=CCC(N(CC)CC)C=C1. The van der Waals surface area contributed by atoms with Crippen LogP contribution in [-0.2, 0) is 6.42 Å². The summed E-state index contributed by atoms with van der Waals surface area (Å²) in [5, 5.41) is 19.8. The van der Waals surface area contributed by atoms with Crippen LogP contribution < -0.4 is 4.90 Å². The number of hydrogen-bond acceptors (Lipinski definition) is 9. The third-order valence-corrected chi connectivity index (χ3v) is 13.3. The molecule has 1 aromatic heterocycles. The highest BCUT2D eigenvalue weighted by molar-refractivity contribution is 8.24. The number of nitriles is 2. The summed E-state index contributed by atoms with van der Waals surface area (Å²) >= 11 is 4.26. The zero-order valence-corrected chi connectivity index (χ0v) is 34.8. The van der Waals surface area contributed by atoms with Gasteiger partial charge in [-0.15, -0.1) is 0 Å². The molecule has 0 spiro atoms. The average Bonchev–Trinajstić information content (AvgIpc) is 3.87. The third-order valence-electron chi connectivity index (χ3n) is 10.1. The molecular formula is C45H50N6S3. The lowest BCUT2D eigenvalue weighted by molar-refractivity contribution is 0.253. The van der Waals surface area contributed by atoms with Gasteiger partial charge in [0.05, 0.1) is 16.0 Å². The van der Waals surface area contributed by atoms with E-state index in [1.54, 1.807) is 0 Å². The van der Waals surface area contributed by atoms with Crippen LogP contribution in [0.3, 0.4) is 0 Å². The maximum absolute atomic E-state index is 9.88. The van der Waals surface area contributed by atoms with Crippen LogP contribution in [0.1, 0.15) is 77.5 Å². The van der Waals surface area contributed by atoms with Crippen molar-refractivity contribution in [3.05, 3.63) is 123 Å². The van der Waals surface area contributed by atoms with E-state index in [1.807, 2.05) is 6.08 Å². The highest BCUT2D eigenvalue weighted by Crippen LogP contribution is 2.58. The topological polar surface area (TPSA) is 79.8 Å². The molecule has 0 saturated carbocycles. The zero-order valence-electron chi connectivity index (χ0n) is 32.4. The fourth-order valence-corrected chi connectivity index (χ4v) is 10.4. The third kappa shape index (κ3) is 8.94. The predicted octanol–water partition coefficient (Wildman–Crippen LogP) is 12.1. The first-order chi connectivity index (χ1) is 26.4. The van der Waals surface area contributed by atoms with E-state index in [0.29, 0.717) is 16.7 Å². The normalized spacial score (nSPS) is 16.2. The number of hydrogen-bond donors (Lipinski definition) is 0. The fourth-order valence-electron chi connectivity index (χ4n) is 7.07. The highest BCUT2D eigenvalue weighted by Gasteiger charge is 2.31. The Morgan fingerprint density at radius 1 is 0.870 bits per heavy atom. The second kappa shape index (κ2) is 19.8. The van der Waals surface area contributed by atoms with Crippen molar-refractivity contribution in [1.82, 2.24) is 13.6 Å². The van der Waals surface area contributed by atoms with E-state index in [-0.39, 0.29) is 5.57 Å². The number of aromatic nitrogens is 2. The minimum Gasteiger partial charge on any atom is -0.372 e. The molecule has 5 rings (SSSR count). The van der Waals surface area contributed by atoms with Gasteiger partial charge in [0, 0.05) is 45.7 Å². The van der Waals surface area contributed by atoms with Crippen molar-refractivity contribution in [2.75, 3.05) is 31.1 Å². The predicted molar refractivity (Wildman–Crippen MR) is 234 cm³/mol. The van der Waals surface area contributed by atoms with Crippen molar-refractivity contribution in [1.29, 1.82) is 10.5 Å². The molecule has 54 heavy (non-hydrogen) atoms. The van der Waals surface area contributed by atoms with Gasteiger partial charge < -0.3 is 4.90 Å². The Kier molecular flexibility index (Phi) is 15.0. The van der Waals surface area contributed by atoms with Crippen molar-refractivity contribution >= 4 is 63.1 Å². The molecule has 1 atom stereocenters. The number of allylic oxidation sites excluding steroid dienone is 12. The van der Waals surface area contributed by atoms with E-state index in [2.05, 4.69) is 143 Å². The number of thioether (sulfide) groups is 2. The van der Waals surface area contributed by atoms with Gasteiger partial charge in [0.1, 0.15) is 28.7 Å². The molecule has 2 aliphatic rings. The van der Waals surface area contributed by atoms with Crippen LogP contribution in [0, 0.1) is 22.7 Å². The molecule has 0 amide bonds. The number of rotatable bonds is 16. The van der Waals surface area contributed by atoms with E-state index in [9.17, 15) is 10.5 Å². The smallest absolute Gasteiger partial charge is 0.150 e. The van der Waals surface area contributed by atoms with Crippen molar-refractivity contribution in [2.24, 2.45) is 0 Å². The summed E-state index contributed by atoms with van der Waals surface area (Å²) in [5.74, 6) is 0. The maximum atomic E-state index is 9.88. The molecule has 2 aromatic carbocycles. The van der Waals surface area contributed by atoms with Crippen molar-refractivity contribution in [2.45, 2.75) is 83.1 Å². The van der Waals surface area contributed by atoms with Crippen LogP contribution in [0.15, 0.2) is 116 Å². The quantitative estimate of drug-likeness (QED) is 0.105. The van der Waals surface area contributed by atoms with Gasteiger partial charge in [-0.2, -0.15) is 19.3 Å². The van der Waals surface area contributed by atoms with E-state index in [1.165, 1.54) is 57.6 Å². The fraction of sp³-hybridized carbons (Fsp3) is 0.333. The highest BCUT2D eigenvalue weighted by atomic mass is 32.2. The summed E-state index contributed by atoms with van der Waals surface area (Å²) in [5.41, 5.74) is 11.1. The van der Waals surface area contributed by atoms with Gasteiger partial charge in [-0.25, -0.2) is 0 Å². The molecule has 1 aliphatic heterocycles. The molecule has 3 aromatic rings. The summed E-state index contributed by atoms with van der Waals surface area (Å²) in [6.07, 6.45) is 22.9. The Morgan fingerprint density at radius 3 is 2.13 bits per heavy atom. The minimum absolute atomic E-state index is 0.135. The molecule has 6 nitrogen and oxygen atoms in total. The summed E-state index contributed by atoms with van der Waals surface area (Å²) in [4.78, 5) is 6.93. The number of benzene rings is 2. The van der Waals surface area contributed by atoms with E-state index < -0.39 is 0 Å². The molecule has 0 fully saturated rings. The summed E-state index contributed by atoms with van der Waals surface area (Å²) < 4.78 is 10.5. The number of nitrogens with zero attached hydrogens (tertiary/aromatic N) is 6. The molecule has 2 heterocycles. The first-order valence-corrected chi connectivity index (χ1v) is 21.3. The van der Waals surface area contributed by atoms with Crippen LogP contribution in [0.4, 0.5) is 5.69 Å². The van der Waals surface area contributed by atoms with Gasteiger partial charge >= 0.3 is 0 Å². The Labute approximate surface area is 335 Å². The largest absolute Gasteiger partial charge is 0.372 e. The Bertz CT molecular complexity index is 2120. The first kappa shape index (κ1) is 40.8. The molecule has 9 heteroatoms. The van der Waals surface area contributed by atoms with Crippen LogP contribution in [-0.4, -0.2) is 45.9 Å². The van der Waals surface area contributed by atoms with Crippen molar-refractivity contribution in [3.8, 4) is 12.1 Å². The Morgan fingerprint density at radius 2 is 1.54 bits per heavy atom. The molecule has 1 aliphatic carbocycles. The molecule has 0 N–H and O–H groups in total. The zero-order chi connectivity index (χ0) is 38.6. The monoisotopic (exact) mass is 770 g/mol. The van der Waals surface area contributed by atoms with E-state index in [4.69, 9.17) is 8.75 Å². The van der Waals surface area contributed by atoms with Gasteiger partial charge in [-0.3, -0.25) is 4.90 Å². The summed E-state index contributed by atoms with van der Waals surface area (Å²) in [6, 6.07) is 13.6. The number of anilines is 1. The number of likely N-dealkylation sites (N-methyl/N-ethyl adjacent to an activating group) is 1. The summed E-state index contributed by atoms with van der Waals surface area (Å²) in [6.45, 7) is 21.2. The lowest BCUT2D eigenvalue weighted by atomic mass is 9.94. The minimum atomic E-state index is 0.135. The Hall–Kier alpha value is -4.38. The van der Waals surface area contributed by atoms with Gasteiger partial charge in [0.2, 0.25) is 0 Å². The summed E-state index contributed by atoms with van der Waals surface area (Å²) in [7, 11) is 0. The first-order valence-electron chi connectivity index (χ1n) is 19.0. The van der Waals surface area contributed by atoms with E-state index in [0.717, 1.165) is 88.5 Å². The average molecular weight is 771 g/mol. The van der Waals surface area contributed by atoms with Crippen LogP contribution in [0.5, 0.6) is 0 Å². The van der Waals surface area contributed by atoms with Gasteiger partial charge in [0.25, 0.3) is 0 Å². The van der Waals surface area contributed by atoms with Gasteiger partial charge in [-0.1, -0.05) is 125 Å². The van der Waals surface area contributed by atoms with Crippen molar-refractivity contribution < 1.29 is 0 Å². The lowest BCUT2D eigenvalue weighted by Gasteiger charge is -2.28. The standard InChI is InChI=1S/C45H50N6S3/c1-8-16-33(35-23-27-38(28-24-35)51(13-6)14-7)17-15-18-39-41-42(49-54-48-41)40(44-43(39)52-45(53-44)36(29-46)30-47)32(10-3)20-19-31(9-2)34-21-25-37(26-22-34)50(11-4)12-5/h8,15-17,19-27,38H,1,9-14,18,28H2,2-7H3/b17-15-,31-19+,32-20+,33-16+. The number of fused-ring (bicyclic) bond motifs is 2. The molecule has 0 saturated heterocycles. The van der Waals surface area contributed by atoms with Crippen LogP contribution in [0.2, 0.25) is 0 Å². The van der Waals surface area contributed by atoms with Gasteiger partial charge in [0.15, 0.2) is 0 Å². The molecule has 0 bridgehead atoms. The molecule has 0 radical (unpaired) electrons. The maximum Gasteiger partial charge on any atom is 0.150 e. The van der Waals surface area contributed by atoms with Crippen LogP contribution in [0.25, 0.3) is 22.2 Å². The molecular weight excluding hydrogens is 721 g/mol. The van der Waals surface area contributed by atoms with Gasteiger partial charge in [-0.05, 0) is 92.6 Å². The molecule has 1 unspecified atom stereocenters.